The third-order valence-corrected chi connectivity index (χ3v) is 4.67. The molecule has 0 fully saturated rings. The van der Waals surface area contributed by atoms with E-state index in [0.29, 0.717) is 17.1 Å². The molecular formula is C21H14F6N5O+. The number of alkyl halides is 6. The molecule has 0 saturated heterocycles. The van der Waals surface area contributed by atoms with Crippen LogP contribution in [0.25, 0.3) is 23.7 Å². The first-order valence-electron chi connectivity index (χ1n) is 9.35. The number of aromatic nitrogens is 3. The monoisotopic (exact) mass is 466 g/mol. The Bertz CT molecular complexity index is 1230. The van der Waals surface area contributed by atoms with Crippen molar-refractivity contribution in [1.29, 1.82) is 0 Å². The first kappa shape index (κ1) is 22.3. The van der Waals surface area contributed by atoms with Gasteiger partial charge in [0.2, 0.25) is 0 Å². The summed E-state index contributed by atoms with van der Waals surface area (Å²) in [7, 11) is 0. The molecule has 0 radical (unpaired) electrons. The van der Waals surface area contributed by atoms with Gasteiger partial charge in [-0.25, -0.2) is 9.67 Å². The molecule has 6 nitrogen and oxygen atoms in total. The number of nitrogens with one attached hydrogen (secondary N) is 2. The molecule has 12 heteroatoms. The van der Waals surface area contributed by atoms with Gasteiger partial charge in [-0.3, -0.25) is 4.79 Å². The molecule has 2 N–H and O–H groups in total. The van der Waals surface area contributed by atoms with Crippen LogP contribution in [0, 0.1) is 0 Å². The highest BCUT2D eigenvalue weighted by Gasteiger charge is 2.37. The maximum atomic E-state index is 13.1. The quantitative estimate of drug-likeness (QED) is 0.456. The van der Waals surface area contributed by atoms with E-state index in [0.717, 1.165) is 28.3 Å². The molecule has 0 spiro atoms. The second-order valence-corrected chi connectivity index (χ2v) is 6.98. The van der Waals surface area contributed by atoms with E-state index < -0.39 is 35.0 Å². The summed E-state index contributed by atoms with van der Waals surface area (Å²) in [6, 6.07) is 8.50. The molecule has 1 amide bonds. The zero-order valence-electron chi connectivity index (χ0n) is 16.4. The van der Waals surface area contributed by atoms with E-state index in [1.54, 1.807) is 6.20 Å². The summed E-state index contributed by atoms with van der Waals surface area (Å²) in [5, 5.41) is 4.44. The lowest BCUT2D eigenvalue weighted by Crippen LogP contribution is -3.10. The van der Waals surface area contributed by atoms with Gasteiger partial charge in [0.25, 0.3) is 5.91 Å². The van der Waals surface area contributed by atoms with Crippen molar-refractivity contribution in [2.24, 2.45) is 0 Å². The van der Waals surface area contributed by atoms with Crippen molar-refractivity contribution in [2.45, 2.75) is 12.4 Å². The molecule has 2 aromatic carbocycles. The number of benzene rings is 2. The molecule has 2 heterocycles. The minimum atomic E-state index is -4.98. The third-order valence-electron chi connectivity index (χ3n) is 4.67. The number of hydrogen-bond acceptors (Lipinski definition) is 3. The Morgan fingerprint density at radius 3 is 2.33 bits per heavy atom. The van der Waals surface area contributed by atoms with E-state index in [4.69, 9.17) is 0 Å². The maximum Gasteiger partial charge on any atom is 0.416 e. The number of fused-ring (bicyclic) bond motifs is 1. The normalized spacial score (nSPS) is 15.8. The number of quaternary nitrogens is 1. The summed E-state index contributed by atoms with van der Waals surface area (Å²) in [5.74, 6) is -0.875. The molecule has 0 aliphatic carbocycles. The Balaban J connectivity index is 1.52. The minimum Gasteiger partial charge on any atom is -0.265 e. The molecule has 1 aliphatic rings. The molecule has 33 heavy (non-hydrogen) atoms. The van der Waals surface area contributed by atoms with E-state index in [-0.39, 0.29) is 11.9 Å². The van der Waals surface area contributed by atoms with E-state index >= 15 is 0 Å². The first-order chi connectivity index (χ1) is 15.5. The highest BCUT2D eigenvalue weighted by atomic mass is 19.4. The Labute approximate surface area is 182 Å². The van der Waals surface area contributed by atoms with Gasteiger partial charge in [0, 0.05) is 35.5 Å². The third kappa shape index (κ3) is 4.95. The predicted octanol–water partition coefficient (Wildman–Crippen LogP) is 3.69. The van der Waals surface area contributed by atoms with Crippen molar-refractivity contribution in [3.8, 4) is 11.4 Å². The first-order valence-corrected chi connectivity index (χ1v) is 9.35. The van der Waals surface area contributed by atoms with Crippen LogP contribution in [0.4, 0.5) is 32.0 Å². The second-order valence-electron chi connectivity index (χ2n) is 6.98. The summed E-state index contributed by atoms with van der Waals surface area (Å²) in [4.78, 5) is 16.0. The number of carbonyl (C=O) groups is 1. The molecule has 0 saturated carbocycles. The SMILES string of the molecule is O=C(C=Cn1cnc(-c2cc(C(F)(F)F)cc(C(F)(F)F)c2)n1)N[NH+]1C=Cc2ccccc21. The van der Waals surface area contributed by atoms with Crippen LogP contribution in [-0.4, -0.2) is 20.7 Å². The van der Waals surface area contributed by atoms with Gasteiger partial charge >= 0.3 is 12.4 Å². The minimum absolute atomic E-state index is 0.0258. The summed E-state index contributed by atoms with van der Waals surface area (Å²) in [5.41, 5.74) is 1.06. The number of carbonyl (C=O) groups excluding carboxylic acids is 1. The van der Waals surface area contributed by atoms with Crippen LogP contribution in [0.1, 0.15) is 16.7 Å². The van der Waals surface area contributed by atoms with Crippen molar-refractivity contribution in [1.82, 2.24) is 20.2 Å². The highest BCUT2D eigenvalue weighted by molar-refractivity contribution is 5.89. The Morgan fingerprint density at radius 2 is 1.67 bits per heavy atom. The lowest BCUT2D eigenvalue weighted by atomic mass is 10.0. The summed E-state index contributed by atoms with van der Waals surface area (Å²) < 4.78 is 79.3. The van der Waals surface area contributed by atoms with E-state index in [1.165, 1.54) is 6.20 Å². The Kier molecular flexibility index (Phi) is 5.54. The van der Waals surface area contributed by atoms with Gasteiger partial charge in [-0.1, -0.05) is 12.1 Å². The van der Waals surface area contributed by atoms with E-state index in [2.05, 4.69) is 15.5 Å². The molecule has 170 valence electrons. The smallest absolute Gasteiger partial charge is 0.265 e. The molecule has 0 bridgehead atoms. The zero-order chi connectivity index (χ0) is 23.8. The largest absolute Gasteiger partial charge is 0.416 e. The second kappa shape index (κ2) is 8.20. The van der Waals surface area contributed by atoms with Crippen molar-refractivity contribution >= 4 is 23.9 Å². The number of halogens is 6. The number of hydrogen-bond donors (Lipinski definition) is 2. The average molecular weight is 466 g/mol. The fourth-order valence-electron chi connectivity index (χ4n) is 3.14. The highest BCUT2D eigenvalue weighted by Crippen LogP contribution is 2.38. The van der Waals surface area contributed by atoms with E-state index in [9.17, 15) is 31.1 Å². The average Bonchev–Trinajstić information content (AvgIpc) is 3.38. The van der Waals surface area contributed by atoms with Crippen molar-refractivity contribution in [3.05, 3.63) is 77.8 Å². The topological polar surface area (TPSA) is 64.2 Å². The Hall–Kier alpha value is -3.93. The molecular weight excluding hydrogens is 452 g/mol. The van der Waals surface area contributed by atoms with Crippen LogP contribution >= 0.6 is 0 Å². The molecule has 1 atom stereocenters. The molecule has 4 rings (SSSR count). The molecule has 1 unspecified atom stereocenters. The number of rotatable bonds is 4. The van der Waals surface area contributed by atoms with Gasteiger partial charge in [0.15, 0.2) is 11.5 Å². The standard InChI is InChI=1S/C21H13F6N5O/c22-20(23,24)15-9-14(10-16(11-15)21(25,26)27)19-28-12-31(30-19)7-6-18(33)29-32-8-5-13-3-1-2-4-17(13)32/h1-12H,(H,29,33)/p+1. The zero-order valence-corrected chi connectivity index (χ0v) is 16.4. The van der Waals surface area contributed by atoms with Gasteiger partial charge in [0.05, 0.1) is 11.1 Å². The van der Waals surface area contributed by atoms with Crippen LogP contribution in [0.15, 0.2) is 61.1 Å². The number of para-hydroxylation sites is 1. The lowest BCUT2D eigenvalue weighted by molar-refractivity contribution is -0.813. The van der Waals surface area contributed by atoms with Crippen LogP contribution < -0.4 is 10.4 Å². The van der Waals surface area contributed by atoms with Crippen LogP contribution in [0.2, 0.25) is 0 Å². The number of nitrogens with zero attached hydrogens (tertiary/aromatic N) is 3. The predicted molar refractivity (Wildman–Crippen MR) is 105 cm³/mol. The van der Waals surface area contributed by atoms with Crippen molar-refractivity contribution < 1.29 is 36.1 Å². The van der Waals surface area contributed by atoms with E-state index in [1.807, 2.05) is 30.3 Å². The number of amides is 1. The lowest BCUT2D eigenvalue weighted by Gasteiger charge is -2.13. The molecule has 1 aliphatic heterocycles. The van der Waals surface area contributed by atoms with Gasteiger partial charge in [-0.15, -0.1) is 5.10 Å². The Morgan fingerprint density at radius 1 is 1.00 bits per heavy atom. The van der Waals surface area contributed by atoms with Gasteiger partial charge < -0.3 is 0 Å². The van der Waals surface area contributed by atoms with Gasteiger partial charge in [-0.05, 0) is 24.3 Å². The fourth-order valence-corrected chi connectivity index (χ4v) is 3.14. The summed E-state index contributed by atoms with van der Waals surface area (Å²) in [6.45, 7) is 0. The fraction of sp³-hybridized carbons (Fsp3) is 0.0952. The van der Waals surface area contributed by atoms with Crippen molar-refractivity contribution in [2.75, 3.05) is 0 Å². The summed E-state index contributed by atoms with van der Waals surface area (Å²) >= 11 is 0. The molecule has 1 aromatic heterocycles. The van der Waals surface area contributed by atoms with Crippen LogP contribution in [0.3, 0.4) is 0 Å². The maximum absolute atomic E-state index is 13.1. The van der Waals surface area contributed by atoms with Gasteiger partial charge in [-0.2, -0.15) is 36.8 Å². The summed E-state index contributed by atoms with van der Waals surface area (Å²) in [6.07, 6.45) is -3.06. The molecule has 3 aromatic rings. The van der Waals surface area contributed by atoms with Crippen LogP contribution in [0.5, 0.6) is 0 Å². The van der Waals surface area contributed by atoms with Gasteiger partial charge in [0.1, 0.15) is 12.5 Å². The van der Waals surface area contributed by atoms with Crippen LogP contribution in [-0.2, 0) is 17.1 Å². The van der Waals surface area contributed by atoms with Crippen molar-refractivity contribution in [3.63, 3.8) is 0 Å².